The maximum atomic E-state index is 12.0. The van der Waals surface area contributed by atoms with Crippen molar-refractivity contribution in [2.75, 3.05) is 32.7 Å². The van der Waals surface area contributed by atoms with Gasteiger partial charge in [-0.15, -0.1) is 0 Å². The standard InChI is InChI=1S/C14H27N3O/c1-12(11-17-8-4-5-9-17)10-16-14(18)13-6-2-3-7-15-13/h12-13,15H,2-11H2,1H3,(H,16,18)/t12?,13-/m1/s1. The summed E-state index contributed by atoms with van der Waals surface area (Å²) in [4.78, 5) is 14.5. The van der Waals surface area contributed by atoms with Gasteiger partial charge in [-0.1, -0.05) is 13.3 Å². The molecule has 0 bridgehead atoms. The van der Waals surface area contributed by atoms with Gasteiger partial charge in [0, 0.05) is 13.1 Å². The van der Waals surface area contributed by atoms with Crippen LogP contribution in [0.2, 0.25) is 0 Å². The van der Waals surface area contributed by atoms with E-state index in [-0.39, 0.29) is 11.9 Å². The summed E-state index contributed by atoms with van der Waals surface area (Å²) in [5, 5.41) is 6.39. The lowest BCUT2D eigenvalue weighted by atomic mass is 10.0. The maximum absolute atomic E-state index is 12.0. The molecule has 0 aromatic heterocycles. The number of hydrogen-bond acceptors (Lipinski definition) is 3. The van der Waals surface area contributed by atoms with Crippen LogP contribution in [0.1, 0.15) is 39.0 Å². The van der Waals surface area contributed by atoms with E-state index >= 15 is 0 Å². The van der Waals surface area contributed by atoms with Gasteiger partial charge in [0.2, 0.25) is 5.91 Å². The first-order valence-electron chi connectivity index (χ1n) is 7.49. The first kappa shape index (κ1) is 13.8. The van der Waals surface area contributed by atoms with Crippen LogP contribution in [0.15, 0.2) is 0 Å². The zero-order valence-electron chi connectivity index (χ0n) is 11.6. The van der Waals surface area contributed by atoms with Crippen molar-refractivity contribution in [3.63, 3.8) is 0 Å². The summed E-state index contributed by atoms with van der Waals surface area (Å²) in [5.74, 6) is 0.749. The molecule has 2 saturated heterocycles. The van der Waals surface area contributed by atoms with Gasteiger partial charge in [-0.3, -0.25) is 4.79 Å². The number of carbonyl (C=O) groups is 1. The van der Waals surface area contributed by atoms with Gasteiger partial charge in [-0.25, -0.2) is 0 Å². The molecule has 0 saturated carbocycles. The fourth-order valence-corrected chi connectivity index (χ4v) is 2.94. The second kappa shape index (κ2) is 7.10. The van der Waals surface area contributed by atoms with E-state index in [0.717, 1.165) is 26.1 Å². The molecule has 2 N–H and O–H groups in total. The molecule has 0 aromatic rings. The second-order valence-electron chi connectivity index (χ2n) is 5.86. The molecule has 2 aliphatic heterocycles. The van der Waals surface area contributed by atoms with Gasteiger partial charge in [0.15, 0.2) is 0 Å². The van der Waals surface area contributed by atoms with Crippen LogP contribution in [-0.4, -0.2) is 49.6 Å². The monoisotopic (exact) mass is 253 g/mol. The Kier molecular flexibility index (Phi) is 5.45. The third-order valence-electron chi connectivity index (χ3n) is 4.02. The number of likely N-dealkylation sites (tertiary alicyclic amines) is 1. The largest absolute Gasteiger partial charge is 0.354 e. The van der Waals surface area contributed by atoms with Gasteiger partial charge in [-0.2, -0.15) is 0 Å². The van der Waals surface area contributed by atoms with Crippen molar-refractivity contribution in [1.82, 2.24) is 15.5 Å². The van der Waals surface area contributed by atoms with E-state index in [2.05, 4.69) is 22.5 Å². The highest BCUT2D eigenvalue weighted by atomic mass is 16.2. The predicted molar refractivity (Wildman–Crippen MR) is 73.5 cm³/mol. The Labute approximate surface area is 110 Å². The summed E-state index contributed by atoms with van der Waals surface area (Å²) in [6.07, 6.45) is 6.05. The molecule has 1 amide bonds. The van der Waals surface area contributed by atoms with Crippen molar-refractivity contribution in [3.05, 3.63) is 0 Å². The van der Waals surface area contributed by atoms with E-state index in [9.17, 15) is 4.79 Å². The van der Waals surface area contributed by atoms with Crippen LogP contribution in [0.25, 0.3) is 0 Å². The van der Waals surface area contributed by atoms with Crippen molar-refractivity contribution in [2.24, 2.45) is 5.92 Å². The van der Waals surface area contributed by atoms with Gasteiger partial charge in [0.25, 0.3) is 0 Å². The molecule has 104 valence electrons. The Bertz CT molecular complexity index is 258. The van der Waals surface area contributed by atoms with Crippen LogP contribution >= 0.6 is 0 Å². The Hall–Kier alpha value is -0.610. The Morgan fingerprint density at radius 3 is 2.78 bits per heavy atom. The fourth-order valence-electron chi connectivity index (χ4n) is 2.94. The highest BCUT2D eigenvalue weighted by Crippen LogP contribution is 2.10. The zero-order chi connectivity index (χ0) is 12.8. The van der Waals surface area contributed by atoms with Crippen molar-refractivity contribution in [1.29, 1.82) is 0 Å². The Morgan fingerprint density at radius 2 is 2.11 bits per heavy atom. The van der Waals surface area contributed by atoms with E-state index < -0.39 is 0 Å². The van der Waals surface area contributed by atoms with Crippen LogP contribution in [-0.2, 0) is 4.79 Å². The van der Waals surface area contributed by atoms with Crippen LogP contribution in [0.4, 0.5) is 0 Å². The third kappa shape index (κ3) is 4.25. The van der Waals surface area contributed by atoms with E-state index in [1.807, 2.05) is 0 Å². The van der Waals surface area contributed by atoms with E-state index in [1.165, 1.54) is 38.8 Å². The van der Waals surface area contributed by atoms with Gasteiger partial charge in [0.1, 0.15) is 0 Å². The maximum Gasteiger partial charge on any atom is 0.237 e. The van der Waals surface area contributed by atoms with Crippen LogP contribution < -0.4 is 10.6 Å². The summed E-state index contributed by atoms with van der Waals surface area (Å²) >= 11 is 0. The number of hydrogen-bond donors (Lipinski definition) is 2. The highest BCUT2D eigenvalue weighted by Gasteiger charge is 2.21. The molecule has 18 heavy (non-hydrogen) atoms. The highest BCUT2D eigenvalue weighted by molar-refractivity contribution is 5.81. The molecule has 0 aliphatic carbocycles. The van der Waals surface area contributed by atoms with E-state index in [0.29, 0.717) is 5.92 Å². The summed E-state index contributed by atoms with van der Waals surface area (Å²) in [5.41, 5.74) is 0. The zero-order valence-corrected chi connectivity index (χ0v) is 11.6. The minimum Gasteiger partial charge on any atom is -0.354 e. The first-order chi connectivity index (χ1) is 8.75. The molecule has 1 unspecified atom stereocenters. The van der Waals surface area contributed by atoms with Crippen LogP contribution in [0.3, 0.4) is 0 Å². The minimum absolute atomic E-state index is 0.0535. The third-order valence-corrected chi connectivity index (χ3v) is 4.02. The van der Waals surface area contributed by atoms with Crippen molar-refractivity contribution in [3.8, 4) is 0 Å². The summed E-state index contributed by atoms with van der Waals surface area (Å²) in [6.45, 7) is 7.63. The molecule has 2 rings (SSSR count). The molecule has 0 aromatic carbocycles. The lowest BCUT2D eigenvalue weighted by Crippen LogP contribution is -2.48. The number of carbonyl (C=O) groups excluding carboxylic acids is 1. The lowest BCUT2D eigenvalue weighted by molar-refractivity contribution is -0.123. The SMILES string of the molecule is CC(CNC(=O)[C@H]1CCCCN1)CN1CCCC1. The topological polar surface area (TPSA) is 44.4 Å². The molecule has 2 fully saturated rings. The fraction of sp³-hybridized carbons (Fsp3) is 0.929. The minimum atomic E-state index is 0.0535. The smallest absolute Gasteiger partial charge is 0.237 e. The molecule has 0 spiro atoms. The van der Waals surface area contributed by atoms with Gasteiger partial charge in [-0.05, 0) is 51.2 Å². The second-order valence-corrected chi connectivity index (χ2v) is 5.86. The summed E-state index contributed by atoms with van der Waals surface area (Å²) < 4.78 is 0. The first-order valence-corrected chi connectivity index (χ1v) is 7.49. The summed E-state index contributed by atoms with van der Waals surface area (Å²) in [6, 6.07) is 0.0535. The number of nitrogens with one attached hydrogen (secondary N) is 2. The molecule has 4 nitrogen and oxygen atoms in total. The quantitative estimate of drug-likeness (QED) is 0.767. The van der Waals surface area contributed by atoms with Crippen LogP contribution in [0, 0.1) is 5.92 Å². The summed E-state index contributed by atoms with van der Waals surface area (Å²) in [7, 11) is 0. The van der Waals surface area contributed by atoms with Crippen molar-refractivity contribution >= 4 is 5.91 Å². The Morgan fingerprint density at radius 1 is 1.33 bits per heavy atom. The number of nitrogens with zero attached hydrogens (tertiary/aromatic N) is 1. The van der Waals surface area contributed by atoms with Gasteiger partial charge < -0.3 is 15.5 Å². The Balaban J connectivity index is 1.61. The average molecular weight is 253 g/mol. The molecular weight excluding hydrogens is 226 g/mol. The van der Waals surface area contributed by atoms with E-state index in [1.54, 1.807) is 0 Å². The molecule has 4 heteroatoms. The van der Waals surface area contributed by atoms with Crippen molar-refractivity contribution in [2.45, 2.75) is 45.1 Å². The number of amides is 1. The number of rotatable bonds is 5. The normalized spacial score (nSPS) is 27.1. The predicted octanol–water partition coefficient (Wildman–Crippen LogP) is 0.977. The average Bonchev–Trinajstić information content (AvgIpc) is 2.90. The molecule has 2 heterocycles. The van der Waals surface area contributed by atoms with Gasteiger partial charge in [0.05, 0.1) is 6.04 Å². The molecule has 0 radical (unpaired) electrons. The van der Waals surface area contributed by atoms with Gasteiger partial charge >= 0.3 is 0 Å². The molecule has 2 aliphatic rings. The van der Waals surface area contributed by atoms with E-state index in [4.69, 9.17) is 0 Å². The number of piperidine rings is 1. The lowest BCUT2D eigenvalue weighted by Gasteiger charge is -2.24. The van der Waals surface area contributed by atoms with Crippen molar-refractivity contribution < 1.29 is 4.79 Å². The molecule has 2 atom stereocenters. The van der Waals surface area contributed by atoms with Crippen LogP contribution in [0.5, 0.6) is 0 Å². The molecular formula is C14H27N3O.